The SMILES string of the molecule is CC(N)C1CCCCN1CC(C#N)C(F)(F)F. The molecule has 0 spiro atoms. The van der Waals surface area contributed by atoms with Crippen LogP contribution in [0.15, 0.2) is 0 Å². The molecule has 3 nitrogen and oxygen atoms in total. The van der Waals surface area contributed by atoms with E-state index < -0.39 is 12.1 Å². The molecule has 0 bridgehead atoms. The van der Waals surface area contributed by atoms with Crippen LogP contribution in [0.4, 0.5) is 13.2 Å². The Morgan fingerprint density at radius 3 is 2.59 bits per heavy atom. The maximum absolute atomic E-state index is 12.5. The minimum Gasteiger partial charge on any atom is -0.327 e. The lowest BCUT2D eigenvalue weighted by Gasteiger charge is -2.39. The molecule has 0 aromatic rings. The minimum absolute atomic E-state index is 0.0399. The van der Waals surface area contributed by atoms with E-state index in [0.717, 1.165) is 19.3 Å². The normalized spacial score (nSPS) is 26.2. The van der Waals surface area contributed by atoms with E-state index in [4.69, 9.17) is 11.0 Å². The number of nitrogens with zero attached hydrogens (tertiary/aromatic N) is 2. The molecule has 0 aliphatic carbocycles. The third-order valence-corrected chi connectivity index (χ3v) is 3.24. The summed E-state index contributed by atoms with van der Waals surface area (Å²) in [4.78, 5) is 1.72. The van der Waals surface area contributed by atoms with Crippen LogP contribution >= 0.6 is 0 Å². The Kier molecular flexibility index (Phi) is 4.78. The van der Waals surface area contributed by atoms with Gasteiger partial charge in [-0.15, -0.1) is 0 Å². The zero-order valence-corrected chi connectivity index (χ0v) is 9.87. The molecular weight excluding hydrogens is 231 g/mol. The number of nitrogens with two attached hydrogens (primary N) is 1. The van der Waals surface area contributed by atoms with Crippen molar-refractivity contribution in [1.29, 1.82) is 5.26 Å². The average Bonchev–Trinajstić information content (AvgIpc) is 2.24. The average molecular weight is 249 g/mol. The predicted octanol–water partition coefficient (Wildman–Crippen LogP) is 1.89. The van der Waals surface area contributed by atoms with E-state index in [-0.39, 0.29) is 18.6 Å². The van der Waals surface area contributed by atoms with Crippen molar-refractivity contribution in [3.63, 3.8) is 0 Å². The van der Waals surface area contributed by atoms with E-state index in [1.807, 2.05) is 0 Å². The van der Waals surface area contributed by atoms with E-state index in [0.29, 0.717) is 6.54 Å². The molecule has 1 aliphatic rings. The van der Waals surface area contributed by atoms with Crippen LogP contribution in [0.25, 0.3) is 0 Å². The Morgan fingerprint density at radius 2 is 2.12 bits per heavy atom. The number of likely N-dealkylation sites (tertiary alicyclic amines) is 1. The third kappa shape index (κ3) is 3.86. The molecule has 1 heterocycles. The molecule has 3 atom stereocenters. The van der Waals surface area contributed by atoms with Crippen molar-refractivity contribution in [2.45, 2.75) is 44.4 Å². The predicted molar refractivity (Wildman–Crippen MR) is 58.0 cm³/mol. The summed E-state index contributed by atoms with van der Waals surface area (Å²) in [6.45, 7) is 2.14. The smallest absolute Gasteiger partial charge is 0.327 e. The molecule has 1 fully saturated rings. The van der Waals surface area contributed by atoms with Crippen molar-refractivity contribution in [3.8, 4) is 6.07 Å². The number of hydrogen-bond donors (Lipinski definition) is 1. The second-order valence-electron chi connectivity index (χ2n) is 4.64. The summed E-state index contributed by atoms with van der Waals surface area (Å²) >= 11 is 0. The van der Waals surface area contributed by atoms with Crippen molar-refractivity contribution in [2.75, 3.05) is 13.1 Å². The van der Waals surface area contributed by atoms with Crippen LogP contribution in [0.3, 0.4) is 0 Å². The van der Waals surface area contributed by atoms with Gasteiger partial charge in [-0.1, -0.05) is 6.42 Å². The molecular formula is C11H18F3N3. The zero-order chi connectivity index (χ0) is 13.1. The summed E-state index contributed by atoms with van der Waals surface area (Å²) in [5.74, 6) is -1.91. The Morgan fingerprint density at radius 1 is 1.47 bits per heavy atom. The van der Waals surface area contributed by atoms with Gasteiger partial charge in [-0.25, -0.2) is 0 Å². The highest BCUT2D eigenvalue weighted by atomic mass is 19.4. The maximum Gasteiger partial charge on any atom is 0.405 e. The highest BCUT2D eigenvalue weighted by molar-refractivity contribution is 4.93. The standard InChI is InChI=1S/C11H18F3N3/c1-8(16)10-4-2-3-5-17(10)7-9(6-15)11(12,13)14/h8-10H,2-5,7,16H2,1H3. The molecule has 17 heavy (non-hydrogen) atoms. The van der Waals surface area contributed by atoms with Gasteiger partial charge in [0.1, 0.15) is 0 Å². The molecule has 0 amide bonds. The van der Waals surface area contributed by atoms with Gasteiger partial charge in [0.05, 0.1) is 6.07 Å². The van der Waals surface area contributed by atoms with Crippen molar-refractivity contribution in [2.24, 2.45) is 11.7 Å². The lowest BCUT2D eigenvalue weighted by molar-refractivity contribution is -0.165. The second kappa shape index (κ2) is 5.69. The molecule has 6 heteroatoms. The monoisotopic (exact) mass is 249 g/mol. The fourth-order valence-corrected chi connectivity index (χ4v) is 2.29. The van der Waals surface area contributed by atoms with Gasteiger partial charge in [-0.3, -0.25) is 4.90 Å². The van der Waals surface area contributed by atoms with Gasteiger partial charge in [0, 0.05) is 18.6 Å². The summed E-state index contributed by atoms with van der Waals surface area (Å²) in [7, 11) is 0. The number of halogens is 3. The first-order valence-electron chi connectivity index (χ1n) is 5.82. The molecule has 1 saturated heterocycles. The Hall–Kier alpha value is -0.800. The topological polar surface area (TPSA) is 53.0 Å². The highest BCUT2D eigenvalue weighted by Crippen LogP contribution is 2.29. The van der Waals surface area contributed by atoms with Crippen molar-refractivity contribution in [3.05, 3.63) is 0 Å². The van der Waals surface area contributed by atoms with Crippen LogP contribution in [0.2, 0.25) is 0 Å². The van der Waals surface area contributed by atoms with Crippen LogP contribution in [0, 0.1) is 17.2 Å². The number of alkyl halides is 3. The summed E-state index contributed by atoms with van der Waals surface area (Å²) in [5.41, 5.74) is 5.78. The van der Waals surface area contributed by atoms with Crippen LogP contribution in [-0.2, 0) is 0 Å². The molecule has 98 valence electrons. The van der Waals surface area contributed by atoms with Gasteiger partial charge in [0.25, 0.3) is 0 Å². The maximum atomic E-state index is 12.5. The fourth-order valence-electron chi connectivity index (χ4n) is 2.29. The molecule has 1 rings (SSSR count). The Bertz CT molecular complexity index is 283. The molecule has 0 aromatic carbocycles. The summed E-state index contributed by atoms with van der Waals surface area (Å²) in [6.07, 6.45) is -1.77. The first kappa shape index (κ1) is 14.3. The molecule has 0 saturated carbocycles. The molecule has 2 N–H and O–H groups in total. The lowest BCUT2D eigenvalue weighted by atomic mass is 9.95. The largest absolute Gasteiger partial charge is 0.405 e. The van der Waals surface area contributed by atoms with Crippen LogP contribution in [0.5, 0.6) is 0 Å². The highest BCUT2D eigenvalue weighted by Gasteiger charge is 2.42. The number of hydrogen-bond acceptors (Lipinski definition) is 3. The molecule has 0 aromatic heterocycles. The molecule has 0 radical (unpaired) electrons. The third-order valence-electron chi connectivity index (χ3n) is 3.24. The van der Waals surface area contributed by atoms with E-state index in [9.17, 15) is 13.2 Å². The first-order chi connectivity index (χ1) is 7.86. The van der Waals surface area contributed by atoms with Gasteiger partial charge < -0.3 is 5.73 Å². The number of piperidine rings is 1. The molecule has 1 aliphatic heterocycles. The van der Waals surface area contributed by atoms with E-state index in [2.05, 4.69) is 0 Å². The van der Waals surface area contributed by atoms with Crippen molar-refractivity contribution in [1.82, 2.24) is 4.90 Å². The van der Waals surface area contributed by atoms with Gasteiger partial charge in [-0.2, -0.15) is 18.4 Å². The van der Waals surface area contributed by atoms with Crippen LogP contribution in [-0.4, -0.2) is 36.2 Å². The summed E-state index contributed by atoms with van der Waals surface area (Å²) in [6, 6.07) is 1.14. The van der Waals surface area contributed by atoms with E-state index in [1.165, 1.54) is 6.07 Å². The van der Waals surface area contributed by atoms with Gasteiger partial charge in [0.15, 0.2) is 5.92 Å². The van der Waals surface area contributed by atoms with Crippen LogP contribution < -0.4 is 5.73 Å². The first-order valence-corrected chi connectivity index (χ1v) is 5.82. The quantitative estimate of drug-likeness (QED) is 0.831. The fraction of sp³-hybridized carbons (Fsp3) is 0.909. The Balaban J connectivity index is 2.67. The minimum atomic E-state index is -4.45. The number of rotatable bonds is 3. The Labute approximate surface area is 99.4 Å². The zero-order valence-electron chi connectivity index (χ0n) is 9.87. The van der Waals surface area contributed by atoms with Crippen molar-refractivity contribution >= 4 is 0 Å². The van der Waals surface area contributed by atoms with Crippen LogP contribution in [0.1, 0.15) is 26.2 Å². The number of nitriles is 1. The molecule has 3 unspecified atom stereocenters. The summed E-state index contributed by atoms with van der Waals surface area (Å²) in [5, 5.41) is 8.59. The van der Waals surface area contributed by atoms with Gasteiger partial charge in [-0.05, 0) is 26.3 Å². The van der Waals surface area contributed by atoms with Gasteiger partial charge in [0.2, 0.25) is 0 Å². The van der Waals surface area contributed by atoms with Gasteiger partial charge >= 0.3 is 6.18 Å². The second-order valence-corrected chi connectivity index (χ2v) is 4.64. The van der Waals surface area contributed by atoms with E-state index in [1.54, 1.807) is 11.8 Å². The van der Waals surface area contributed by atoms with E-state index >= 15 is 0 Å². The summed E-state index contributed by atoms with van der Waals surface area (Å²) < 4.78 is 37.6. The lowest BCUT2D eigenvalue weighted by Crippen LogP contribution is -2.51. The van der Waals surface area contributed by atoms with Crippen molar-refractivity contribution < 1.29 is 13.2 Å².